The fourth-order valence-corrected chi connectivity index (χ4v) is 1.89. The molecule has 1 atom stereocenters. The van der Waals surface area contributed by atoms with Gasteiger partial charge in [-0.05, 0) is 41.1 Å². The van der Waals surface area contributed by atoms with Crippen molar-refractivity contribution in [2.75, 3.05) is 19.8 Å². The monoisotopic (exact) mass is 305 g/mol. The minimum atomic E-state index is 0.535. The van der Waals surface area contributed by atoms with Gasteiger partial charge in [0.15, 0.2) is 0 Å². The van der Waals surface area contributed by atoms with Crippen LogP contribution in [0.1, 0.15) is 6.42 Å². The van der Waals surface area contributed by atoms with E-state index in [1.807, 2.05) is 12.1 Å². The van der Waals surface area contributed by atoms with E-state index >= 15 is 0 Å². The summed E-state index contributed by atoms with van der Waals surface area (Å²) in [4.78, 5) is 4.17. The molecule has 1 aromatic rings. The Morgan fingerprint density at radius 3 is 3.29 bits per heavy atom. The molecular formula is C10H12INO2. The van der Waals surface area contributed by atoms with Crippen LogP contribution in [0.5, 0.6) is 5.88 Å². The molecule has 1 saturated heterocycles. The van der Waals surface area contributed by atoms with Gasteiger partial charge in [0, 0.05) is 18.7 Å². The van der Waals surface area contributed by atoms with E-state index in [1.54, 1.807) is 6.20 Å². The Morgan fingerprint density at radius 2 is 2.57 bits per heavy atom. The molecule has 2 rings (SSSR count). The van der Waals surface area contributed by atoms with E-state index in [2.05, 4.69) is 27.6 Å². The van der Waals surface area contributed by atoms with E-state index in [1.165, 1.54) is 0 Å². The quantitative estimate of drug-likeness (QED) is 0.802. The molecule has 0 aliphatic carbocycles. The molecule has 1 aliphatic rings. The third kappa shape index (κ3) is 2.57. The van der Waals surface area contributed by atoms with E-state index in [0.29, 0.717) is 12.5 Å². The van der Waals surface area contributed by atoms with Crippen LogP contribution in [0.2, 0.25) is 0 Å². The molecule has 0 spiro atoms. The van der Waals surface area contributed by atoms with Crippen LogP contribution in [-0.4, -0.2) is 24.8 Å². The topological polar surface area (TPSA) is 31.4 Å². The Labute approximate surface area is 97.0 Å². The normalized spacial score (nSPS) is 21.1. The van der Waals surface area contributed by atoms with Gasteiger partial charge in [-0.1, -0.05) is 0 Å². The summed E-state index contributed by atoms with van der Waals surface area (Å²) in [5, 5.41) is 0. The summed E-state index contributed by atoms with van der Waals surface area (Å²) >= 11 is 2.23. The molecule has 1 aromatic heterocycles. The lowest BCUT2D eigenvalue weighted by Gasteiger charge is -2.10. The largest absolute Gasteiger partial charge is 0.477 e. The summed E-state index contributed by atoms with van der Waals surface area (Å²) in [6.45, 7) is 2.41. The van der Waals surface area contributed by atoms with Gasteiger partial charge in [0.2, 0.25) is 5.88 Å². The first kappa shape index (κ1) is 10.2. The van der Waals surface area contributed by atoms with Gasteiger partial charge < -0.3 is 9.47 Å². The van der Waals surface area contributed by atoms with Gasteiger partial charge in [-0.25, -0.2) is 4.98 Å². The summed E-state index contributed by atoms with van der Waals surface area (Å²) in [6.07, 6.45) is 2.85. The van der Waals surface area contributed by atoms with Crippen LogP contribution in [-0.2, 0) is 4.74 Å². The molecule has 0 N–H and O–H groups in total. The fraction of sp³-hybridized carbons (Fsp3) is 0.500. The Morgan fingerprint density at radius 1 is 1.64 bits per heavy atom. The Balaban J connectivity index is 1.88. The standard InChI is InChI=1S/C10H12INO2/c11-9-2-1-4-12-10(9)14-7-8-3-5-13-6-8/h1-2,4,8H,3,5-7H2. The van der Waals surface area contributed by atoms with Crippen LogP contribution in [0.15, 0.2) is 18.3 Å². The lowest BCUT2D eigenvalue weighted by atomic mass is 10.1. The zero-order valence-corrected chi connectivity index (χ0v) is 9.94. The summed E-state index contributed by atoms with van der Waals surface area (Å²) in [6, 6.07) is 3.90. The van der Waals surface area contributed by atoms with Crippen molar-refractivity contribution in [1.82, 2.24) is 4.98 Å². The Hall–Kier alpha value is -0.360. The number of ether oxygens (including phenoxy) is 2. The number of rotatable bonds is 3. The highest BCUT2D eigenvalue weighted by Crippen LogP contribution is 2.19. The Bertz CT molecular complexity index is 300. The molecular weight excluding hydrogens is 293 g/mol. The van der Waals surface area contributed by atoms with Crippen molar-refractivity contribution in [2.45, 2.75) is 6.42 Å². The molecule has 0 radical (unpaired) electrons. The van der Waals surface area contributed by atoms with Crippen molar-refractivity contribution in [3.63, 3.8) is 0 Å². The van der Waals surface area contributed by atoms with Crippen molar-refractivity contribution in [3.8, 4) is 5.88 Å². The number of hydrogen-bond donors (Lipinski definition) is 0. The van der Waals surface area contributed by atoms with E-state index in [0.717, 1.165) is 29.1 Å². The first-order chi connectivity index (χ1) is 6.86. The summed E-state index contributed by atoms with van der Waals surface area (Å²) in [5.74, 6) is 1.27. The molecule has 4 heteroatoms. The van der Waals surface area contributed by atoms with E-state index in [4.69, 9.17) is 9.47 Å². The molecule has 14 heavy (non-hydrogen) atoms. The second-order valence-corrected chi connectivity index (χ2v) is 4.49. The van der Waals surface area contributed by atoms with Crippen LogP contribution >= 0.6 is 22.6 Å². The van der Waals surface area contributed by atoms with Gasteiger partial charge in [-0.3, -0.25) is 0 Å². The molecule has 1 unspecified atom stereocenters. The van der Waals surface area contributed by atoms with Crippen molar-refractivity contribution >= 4 is 22.6 Å². The van der Waals surface area contributed by atoms with Crippen molar-refractivity contribution < 1.29 is 9.47 Å². The molecule has 2 heterocycles. The van der Waals surface area contributed by atoms with Gasteiger partial charge in [-0.2, -0.15) is 0 Å². The highest BCUT2D eigenvalue weighted by molar-refractivity contribution is 14.1. The van der Waals surface area contributed by atoms with Crippen LogP contribution < -0.4 is 4.74 Å². The fourth-order valence-electron chi connectivity index (χ4n) is 1.39. The van der Waals surface area contributed by atoms with Crippen LogP contribution in [0.25, 0.3) is 0 Å². The van der Waals surface area contributed by atoms with Gasteiger partial charge in [-0.15, -0.1) is 0 Å². The maximum absolute atomic E-state index is 5.62. The zero-order valence-electron chi connectivity index (χ0n) is 7.78. The van der Waals surface area contributed by atoms with Crippen LogP contribution in [0.4, 0.5) is 0 Å². The summed E-state index contributed by atoms with van der Waals surface area (Å²) < 4.78 is 12.0. The van der Waals surface area contributed by atoms with E-state index < -0.39 is 0 Å². The first-order valence-corrected chi connectivity index (χ1v) is 5.75. The SMILES string of the molecule is Ic1cccnc1OCC1CCOC1. The van der Waals surface area contributed by atoms with Crippen molar-refractivity contribution in [1.29, 1.82) is 0 Å². The number of hydrogen-bond acceptors (Lipinski definition) is 3. The maximum atomic E-state index is 5.62. The van der Waals surface area contributed by atoms with Gasteiger partial charge in [0.25, 0.3) is 0 Å². The number of nitrogens with zero attached hydrogens (tertiary/aromatic N) is 1. The highest BCUT2D eigenvalue weighted by atomic mass is 127. The van der Waals surface area contributed by atoms with Gasteiger partial charge in [0.1, 0.15) is 0 Å². The lowest BCUT2D eigenvalue weighted by molar-refractivity contribution is 0.165. The molecule has 76 valence electrons. The second kappa shape index (κ2) is 4.93. The van der Waals surface area contributed by atoms with Crippen LogP contribution in [0.3, 0.4) is 0 Å². The molecule has 3 nitrogen and oxygen atoms in total. The average Bonchev–Trinajstić information content (AvgIpc) is 2.69. The lowest BCUT2D eigenvalue weighted by Crippen LogP contribution is -2.12. The average molecular weight is 305 g/mol. The number of halogens is 1. The third-order valence-electron chi connectivity index (χ3n) is 2.20. The van der Waals surface area contributed by atoms with Gasteiger partial charge >= 0.3 is 0 Å². The van der Waals surface area contributed by atoms with Crippen LogP contribution in [0, 0.1) is 9.49 Å². The number of aromatic nitrogens is 1. The second-order valence-electron chi connectivity index (χ2n) is 3.33. The molecule has 1 aliphatic heterocycles. The highest BCUT2D eigenvalue weighted by Gasteiger charge is 2.16. The predicted molar refractivity (Wildman–Crippen MR) is 61.4 cm³/mol. The minimum Gasteiger partial charge on any atom is -0.477 e. The van der Waals surface area contributed by atoms with E-state index in [9.17, 15) is 0 Å². The summed E-state index contributed by atoms with van der Waals surface area (Å²) in [5.41, 5.74) is 0. The number of pyridine rings is 1. The smallest absolute Gasteiger partial charge is 0.227 e. The molecule has 0 aromatic carbocycles. The molecule has 0 bridgehead atoms. The van der Waals surface area contributed by atoms with Crippen molar-refractivity contribution in [2.24, 2.45) is 5.92 Å². The third-order valence-corrected chi connectivity index (χ3v) is 3.03. The maximum Gasteiger partial charge on any atom is 0.227 e. The molecule has 1 fully saturated rings. The van der Waals surface area contributed by atoms with Crippen molar-refractivity contribution in [3.05, 3.63) is 21.9 Å². The van der Waals surface area contributed by atoms with E-state index in [-0.39, 0.29) is 0 Å². The molecule has 0 saturated carbocycles. The minimum absolute atomic E-state index is 0.535. The summed E-state index contributed by atoms with van der Waals surface area (Å²) in [7, 11) is 0. The van der Waals surface area contributed by atoms with Gasteiger partial charge in [0.05, 0.1) is 16.8 Å². The zero-order chi connectivity index (χ0) is 9.80. The predicted octanol–water partition coefficient (Wildman–Crippen LogP) is 2.10. The Kier molecular flexibility index (Phi) is 3.58. The molecule has 0 amide bonds. The first-order valence-electron chi connectivity index (χ1n) is 4.67.